The third-order valence-electron chi connectivity index (χ3n) is 2.55. The molecule has 6 nitrogen and oxygen atoms in total. The Bertz CT molecular complexity index is 612. The quantitative estimate of drug-likeness (QED) is 0.885. The first kappa shape index (κ1) is 13.3. The van der Waals surface area contributed by atoms with Crippen LogP contribution in [-0.4, -0.2) is 28.1 Å². The summed E-state index contributed by atoms with van der Waals surface area (Å²) < 4.78 is 0. The fourth-order valence-corrected chi connectivity index (χ4v) is 2.34. The first-order valence-electron chi connectivity index (χ1n) is 5.58. The number of aryl methyl sites for hydroxylation is 1. The van der Waals surface area contributed by atoms with Gasteiger partial charge < -0.3 is 15.7 Å². The van der Waals surface area contributed by atoms with Crippen LogP contribution in [-0.2, 0) is 6.54 Å². The van der Waals surface area contributed by atoms with E-state index in [4.69, 9.17) is 5.73 Å². The van der Waals surface area contributed by atoms with E-state index in [0.717, 1.165) is 10.7 Å². The Morgan fingerprint density at radius 2 is 2.32 bits per heavy atom. The highest BCUT2D eigenvalue weighted by atomic mass is 32.1. The Kier molecular flexibility index (Phi) is 3.66. The first-order chi connectivity index (χ1) is 8.97. The molecule has 2 rings (SSSR count). The van der Waals surface area contributed by atoms with Crippen LogP contribution in [0.5, 0.6) is 0 Å². The topological polar surface area (TPSA) is 92.3 Å². The van der Waals surface area contributed by atoms with Crippen molar-refractivity contribution in [3.63, 3.8) is 0 Å². The molecular weight excluding hydrogens is 264 g/mol. The summed E-state index contributed by atoms with van der Waals surface area (Å²) in [4.78, 5) is 21.4. The van der Waals surface area contributed by atoms with Gasteiger partial charge in [-0.3, -0.25) is 0 Å². The molecule has 0 unspecified atom stereocenters. The number of nitrogens with zero attached hydrogens (tertiary/aromatic N) is 3. The number of aromatic carboxylic acids is 1. The lowest BCUT2D eigenvalue weighted by atomic mass is 10.2. The molecule has 0 aromatic carbocycles. The molecule has 0 atom stereocenters. The highest BCUT2D eigenvalue weighted by molar-refractivity contribution is 7.09. The van der Waals surface area contributed by atoms with Gasteiger partial charge in [0.25, 0.3) is 0 Å². The van der Waals surface area contributed by atoms with Gasteiger partial charge in [-0.25, -0.2) is 14.8 Å². The van der Waals surface area contributed by atoms with Crippen molar-refractivity contribution >= 4 is 28.8 Å². The van der Waals surface area contributed by atoms with E-state index in [9.17, 15) is 9.90 Å². The van der Waals surface area contributed by atoms with Crippen molar-refractivity contribution in [3.8, 4) is 0 Å². The van der Waals surface area contributed by atoms with Gasteiger partial charge in [-0.2, -0.15) is 0 Å². The van der Waals surface area contributed by atoms with Gasteiger partial charge in [-0.1, -0.05) is 0 Å². The lowest BCUT2D eigenvalue weighted by Gasteiger charge is -2.19. The molecule has 0 aliphatic carbocycles. The zero-order valence-electron chi connectivity index (χ0n) is 10.6. The summed E-state index contributed by atoms with van der Waals surface area (Å²) >= 11 is 1.56. The first-order valence-corrected chi connectivity index (χ1v) is 6.46. The maximum Gasteiger partial charge on any atom is 0.339 e. The molecule has 2 aromatic rings. The van der Waals surface area contributed by atoms with E-state index in [1.807, 2.05) is 12.3 Å². The molecule has 7 heteroatoms. The molecule has 2 heterocycles. The van der Waals surface area contributed by atoms with Crippen LogP contribution in [0, 0.1) is 6.92 Å². The number of aromatic nitrogens is 2. The third kappa shape index (κ3) is 3.00. The Hall–Kier alpha value is -2.15. The van der Waals surface area contributed by atoms with Crippen LogP contribution in [0.2, 0.25) is 0 Å². The Morgan fingerprint density at radius 1 is 1.58 bits per heavy atom. The predicted octanol–water partition coefficient (Wildman–Crippen LogP) is 1.76. The van der Waals surface area contributed by atoms with Gasteiger partial charge in [0.05, 0.1) is 29.1 Å². The van der Waals surface area contributed by atoms with Gasteiger partial charge >= 0.3 is 5.97 Å². The molecular formula is C12H14N4O2S. The van der Waals surface area contributed by atoms with Crippen LogP contribution in [0.25, 0.3) is 0 Å². The van der Waals surface area contributed by atoms with Crippen LogP contribution in [0.15, 0.2) is 17.6 Å². The summed E-state index contributed by atoms with van der Waals surface area (Å²) in [6, 6.07) is 1.41. The summed E-state index contributed by atoms with van der Waals surface area (Å²) in [5.41, 5.74) is 6.88. The van der Waals surface area contributed by atoms with Crippen LogP contribution >= 0.6 is 11.3 Å². The maximum absolute atomic E-state index is 11.2. The van der Waals surface area contributed by atoms with Crippen molar-refractivity contribution < 1.29 is 9.90 Å². The van der Waals surface area contributed by atoms with E-state index in [0.29, 0.717) is 18.1 Å². The van der Waals surface area contributed by atoms with E-state index in [1.165, 1.54) is 12.3 Å². The molecule has 2 aromatic heterocycles. The normalized spacial score (nSPS) is 10.4. The van der Waals surface area contributed by atoms with Gasteiger partial charge in [0.15, 0.2) is 0 Å². The van der Waals surface area contributed by atoms with Crippen LogP contribution in [0.4, 0.5) is 11.5 Å². The largest absolute Gasteiger partial charge is 0.478 e. The number of carbonyl (C=O) groups is 1. The summed E-state index contributed by atoms with van der Waals surface area (Å²) in [7, 11) is 1.78. The number of hydrogen-bond donors (Lipinski definition) is 2. The Morgan fingerprint density at radius 3 is 2.89 bits per heavy atom. The lowest BCUT2D eigenvalue weighted by molar-refractivity contribution is 0.0697. The fraction of sp³-hybridized carbons (Fsp3) is 0.250. The molecule has 0 aliphatic rings. The highest BCUT2D eigenvalue weighted by Gasteiger charge is 2.16. The SMILES string of the molecule is Cc1nc(CN(C)c2ncc(N)cc2C(=O)O)cs1. The molecule has 0 saturated carbocycles. The molecule has 0 aliphatic heterocycles. The number of carboxylic acids is 1. The molecule has 0 fully saturated rings. The number of anilines is 2. The number of hydrogen-bond acceptors (Lipinski definition) is 6. The number of carboxylic acid groups (broad SMARTS) is 1. The predicted molar refractivity (Wildman–Crippen MR) is 74.6 cm³/mol. The van der Waals surface area contributed by atoms with Crippen molar-refractivity contribution in [3.05, 3.63) is 33.9 Å². The summed E-state index contributed by atoms with van der Waals surface area (Å²) in [5.74, 6) is -0.663. The molecule has 0 bridgehead atoms. The number of nitrogen functional groups attached to an aromatic ring is 1. The number of nitrogens with two attached hydrogens (primary N) is 1. The minimum Gasteiger partial charge on any atom is -0.478 e. The number of thiazole rings is 1. The zero-order chi connectivity index (χ0) is 14.0. The molecule has 3 N–H and O–H groups in total. The lowest BCUT2D eigenvalue weighted by Crippen LogP contribution is -2.21. The molecule has 19 heavy (non-hydrogen) atoms. The van der Waals surface area contributed by atoms with Crippen molar-refractivity contribution in [2.75, 3.05) is 17.7 Å². The Labute approximate surface area is 114 Å². The average molecular weight is 278 g/mol. The summed E-state index contributed by atoms with van der Waals surface area (Å²) in [5, 5.41) is 12.1. The van der Waals surface area contributed by atoms with Crippen LogP contribution in [0.1, 0.15) is 21.1 Å². The zero-order valence-corrected chi connectivity index (χ0v) is 11.4. The minimum atomic E-state index is -1.05. The van der Waals surface area contributed by atoms with Gasteiger partial charge in [0.1, 0.15) is 11.4 Å². The number of rotatable bonds is 4. The van der Waals surface area contributed by atoms with Crippen molar-refractivity contribution in [1.29, 1.82) is 0 Å². The second-order valence-corrected chi connectivity index (χ2v) is 5.22. The monoisotopic (exact) mass is 278 g/mol. The standard InChI is InChI=1S/C12H14N4O2S/c1-7-15-9(6-19-7)5-16(2)11-10(12(17)18)3-8(13)4-14-11/h3-4,6H,5,13H2,1-2H3,(H,17,18). The van der Waals surface area contributed by atoms with Gasteiger partial charge in [0.2, 0.25) is 0 Å². The highest BCUT2D eigenvalue weighted by Crippen LogP contribution is 2.21. The van der Waals surface area contributed by atoms with Gasteiger partial charge in [-0.15, -0.1) is 11.3 Å². The van der Waals surface area contributed by atoms with E-state index in [2.05, 4.69) is 9.97 Å². The fourth-order valence-electron chi connectivity index (χ4n) is 1.73. The minimum absolute atomic E-state index is 0.0921. The summed E-state index contributed by atoms with van der Waals surface area (Å²) in [6.07, 6.45) is 1.45. The van der Waals surface area contributed by atoms with E-state index < -0.39 is 5.97 Å². The second-order valence-electron chi connectivity index (χ2n) is 4.16. The molecule has 0 radical (unpaired) electrons. The van der Waals surface area contributed by atoms with Crippen LogP contribution < -0.4 is 10.6 Å². The van der Waals surface area contributed by atoms with Crippen molar-refractivity contribution in [2.45, 2.75) is 13.5 Å². The van der Waals surface area contributed by atoms with Crippen LogP contribution in [0.3, 0.4) is 0 Å². The molecule has 100 valence electrons. The van der Waals surface area contributed by atoms with Crippen molar-refractivity contribution in [1.82, 2.24) is 9.97 Å². The smallest absolute Gasteiger partial charge is 0.339 e. The van der Waals surface area contributed by atoms with Gasteiger partial charge in [-0.05, 0) is 13.0 Å². The second kappa shape index (κ2) is 5.23. The molecule has 0 spiro atoms. The van der Waals surface area contributed by atoms with E-state index in [1.54, 1.807) is 23.3 Å². The third-order valence-corrected chi connectivity index (χ3v) is 3.37. The molecule has 0 amide bonds. The molecule has 0 saturated heterocycles. The van der Waals surface area contributed by atoms with E-state index >= 15 is 0 Å². The van der Waals surface area contributed by atoms with Crippen molar-refractivity contribution in [2.24, 2.45) is 0 Å². The maximum atomic E-state index is 11.2. The Balaban J connectivity index is 2.28. The summed E-state index contributed by atoms with van der Waals surface area (Å²) in [6.45, 7) is 2.43. The number of pyridine rings is 1. The average Bonchev–Trinajstić information content (AvgIpc) is 2.74. The van der Waals surface area contributed by atoms with E-state index in [-0.39, 0.29) is 5.56 Å². The van der Waals surface area contributed by atoms with Gasteiger partial charge in [0, 0.05) is 12.4 Å².